The molecule has 1 amide bonds. The number of amides is 1. The van der Waals surface area contributed by atoms with Gasteiger partial charge in [-0.3, -0.25) is 9.69 Å². The van der Waals surface area contributed by atoms with E-state index in [1.807, 2.05) is 6.92 Å². The highest BCUT2D eigenvalue weighted by molar-refractivity contribution is 6.30. The van der Waals surface area contributed by atoms with Crippen LogP contribution >= 0.6 is 11.6 Å². The first-order valence-corrected chi connectivity index (χ1v) is 6.95. The summed E-state index contributed by atoms with van der Waals surface area (Å²) in [5, 5.41) is 2.94. The van der Waals surface area contributed by atoms with Crippen molar-refractivity contribution in [3.05, 3.63) is 29.0 Å². The molecule has 2 rings (SSSR count). The van der Waals surface area contributed by atoms with Gasteiger partial charge in [-0.15, -0.1) is 0 Å². The molecule has 0 aromatic heterocycles. The summed E-state index contributed by atoms with van der Waals surface area (Å²) >= 11 is 5.68. The number of carbonyl (C=O) groups is 1. The van der Waals surface area contributed by atoms with E-state index in [-0.39, 0.29) is 17.6 Å². The van der Waals surface area contributed by atoms with E-state index in [0.717, 1.165) is 25.9 Å². The fourth-order valence-electron chi connectivity index (χ4n) is 2.30. The number of halogens is 2. The minimum absolute atomic E-state index is 0.178. The van der Waals surface area contributed by atoms with Crippen LogP contribution in [0, 0.1) is 5.82 Å². The zero-order chi connectivity index (χ0) is 13.8. The Balaban J connectivity index is 1.99. The van der Waals surface area contributed by atoms with Gasteiger partial charge in [-0.25, -0.2) is 4.39 Å². The maximum atomic E-state index is 13.6. The zero-order valence-electron chi connectivity index (χ0n) is 11.0. The van der Waals surface area contributed by atoms with E-state index in [2.05, 4.69) is 10.2 Å². The number of likely N-dealkylation sites (tertiary alicyclic amines) is 1. The van der Waals surface area contributed by atoms with Gasteiger partial charge in [0.2, 0.25) is 5.91 Å². The van der Waals surface area contributed by atoms with Crippen molar-refractivity contribution in [3.8, 4) is 0 Å². The molecule has 1 saturated heterocycles. The first-order valence-electron chi connectivity index (χ1n) is 6.58. The summed E-state index contributed by atoms with van der Waals surface area (Å²) in [4.78, 5) is 14.2. The minimum atomic E-state index is -0.508. The molecule has 0 spiro atoms. The molecule has 1 aliphatic rings. The van der Waals surface area contributed by atoms with Crippen LogP contribution in [-0.4, -0.2) is 29.9 Å². The Morgan fingerprint density at radius 2 is 2.05 bits per heavy atom. The number of anilines is 1. The van der Waals surface area contributed by atoms with Crippen LogP contribution in [0.25, 0.3) is 0 Å². The molecule has 3 nitrogen and oxygen atoms in total. The van der Waals surface area contributed by atoms with E-state index in [9.17, 15) is 9.18 Å². The fraction of sp³-hybridized carbons (Fsp3) is 0.500. The van der Waals surface area contributed by atoms with Gasteiger partial charge in [-0.2, -0.15) is 0 Å². The molecule has 1 heterocycles. The SMILES string of the molecule is CC(C(=O)Nc1ccc(Cl)cc1F)N1CCCCC1. The van der Waals surface area contributed by atoms with Gasteiger partial charge in [0, 0.05) is 5.02 Å². The summed E-state index contributed by atoms with van der Waals surface area (Å²) in [5.74, 6) is -0.685. The van der Waals surface area contributed by atoms with E-state index < -0.39 is 5.82 Å². The van der Waals surface area contributed by atoms with E-state index in [1.54, 1.807) is 6.07 Å². The van der Waals surface area contributed by atoms with Crippen LogP contribution in [0.4, 0.5) is 10.1 Å². The third kappa shape index (κ3) is 3.67. The van der Waals surface area contributed by atoms with Gasteiger partial charge in [0.05, 0.1) is 11.7 Å². The number of nitrogens with zero attached hydrogens (tertiary/aromatic N) is 1. The summed E-state index contributed by atoms with van der Waals surface area (Å²) in [6.07, 6.45) is 3.45. The highest BCUT2D eigenvalue weighted by Crippen LogP contribution is 2.20. The van der Waals surface area contributed by atoms with Gasteiger partial charge in [-0.1, -0.05) is 18.0 Å². The predicted octanol–water partition coefficient (Wildman–Crippen LogP) is 3.29. The summed E-state index contributed by atoms with van der Waals surface area (Å²) in [6, 6.07) is 4.00. The lowest BCUT2D eigenvalue weighted by atomic mass is 10.1. The van der Waals surface area contributed by atoms with Crippen molar-refractivity contribution in [2.75, 3.05) is 18.4 Å². The van der Waals surface area contributed by atoms with Crippen molar-refractivity contribution >= 4 is 23.2 Å². The molecular formula is C14H18ClFN2O. The van der Waals surface area contributed by atoms with Crippen LogP contribution in [-0.2, 0) is 4.79 Å². The van der Waals surface area contributed by atoms with Gasteiger partial charge in [-0.05, 0) is 51.1 Å². The average Bonchev–Trinajstić information content (AvgIpc) is 2.42. The molecule has 1 atom stereocenters. The molecule has 104 valence electrons. The van der Waals surface area contributed by atoms with Crippen LogP contribution in [0.2, 0.25) is 5.02 Å². The largest absolute Gasteiger partial charge is 0.322 e. The van der Waals surface area contributed by atoms with Gasteiger partial charge in [0.1, 0.15) is 5.82 Å². The minimum Gasteiger partial charge on any atom is -0.322 e. The van der Waals surface area contributed by atoms with Crippen molar-refractivity contribution in [2.24, 2.45) is 0 Å². The van der Waals surface area contributed by atoms with Crippen molar-refractivity contribution in [3.63, 3.8) is 0 Å². The molecule has 0 radical (unpaired) electrons. The normalized spacial score (nSPS) is 18.1. The maximum Gasteiger partial charge on any atom is 0.241 e. The maximum absolute atomic E-state index is 13.6. The smallest absolute Gasteiger partial charge is 0.241 e. The molecule has 1 aromatic carbocycles. The summed E-state index contributed by atoms with van der Waals surface area (Å²) in [7, 11) is 0. The highest BCUT2D eigenvalue weighted by atomic mass is 35.5. The molecule has 1 unspecified atom stereocenters. The number of nitrogens with one attached hydrogen (secondary N) is 1. The third-order valence-electron chi connectivity index (χ3n) is 3.51. The third-order valence-corrected chi connectivity index (χ3v) is 3.74. The molecule has 1 aromatic rings. The number of hydrogen-bond acceptors (Lipinski definition) is 2. The first kappa shape index (κ1) is 14.3. The lowest BCUT2D eigenvalue weighted by molar-refractivity contribution is -0.121. The monoisotopic (exact) mass is 284 g/mol. The quantitative estimate of drug-likeness (QED) is 0.924. The van der Waals surface area contributed by atoms with Crippen molar-refractivity contribution in [2.45, 2.75) is 32.2 Å². The van der Waals surface area contributed by atoms with Crippen LogP contribution < -0.4 is 5.32 Å². The summed E-state index contributed by atoms with van der Waals surface area (Å²) in [6.45, 7) is 3.71. The Labute approximate surface area is 117 Å². The average molecular weight is 285 g/mol. The Morgan fingerprint density at radius 1 is 1.37 bits per heavy atom. The Kier molecular flexibility index (Phi) is 4.77. The molecule has 0 bridgehead atoms. The van der Waals surface area contributed by atoms with Gasteiger partial charge in [0.25, 0.3) is 0 Å². The van der Waals surface area contributed by atoms with Crippen LogP contribution in [0.1, 0.15) is 26.2 Å². The predicted molar refractivity (Wildman–Crippen MR) is 74.9 cm³/mol. The van der Waals surface area contributed by atoms with Crippen LogP contribution in [0.5, 0.6) is 0 Å². The Bertz CT molecular complexity index is 461. The first-order chi connectivity index (χ1) is 9.08. The van der Waals surface area contributed by atoms with E-state index in [4.69, 9.17) is 11.6 Å². The van der Waals surface area contributed by atoms with Gasteiger partial charge in [0.15, 0.2) is 0 Å². The molecule has 0 aliphatic carbocycles. The molecule has 19 heavy (non-hydrogen) atoms. The van der Waals surface area contributed by atoms with Crippen molar-refractivity contribution in [1.29, 1.82) is 0 Å². The number of hydrogen-bond donors (Lipinski definition) is 1. The topological polar surface area (TPSA) is 32.3 Å². The van der Waals surface area contributed by atoms with Crippen molar-refractivity contribution < 1.29 is 9.18 Å². The molecule has 5 heteroatoms. The lowest BCUT2D eigenvalue weighted by Gasteiger charge is -2.31. The number of carbonyl (C=O) groups excluding carboxylic acids is 1. The lowest BCUT2D eigenvalue weighted by Crippen LogP contribution is -2.44. The standard InChI is InChI=1S/C14H18ClFN2O/c1-10(18-7-3-2-4-8-18)14(19)17-13-6-5-11(15)9-12(13)16/h5-6,9-10H,2-4,7-8H2,1H3,(H,17,19). The number of piperidine rings is 1. The second-order valence-corrected chi connectivity index (χ2v) is 5.32. The van der Waals surface area contributed by atoms with Crippen LogP contribution in [0.15, 0.2) is 18.2 Å². The second-order valence-electron chi connectivity index (χ2n) is 4.89. The van der Waals surface area contributed by atoms with Crippen molar-refractivity contribution in [1.82, 2.24) is 4.90 Å². The van der Waals surface area contributed by atoms with E-state index in [0.29, 0.717) is 5.02 Å². The van der Waals surface area contributed by atoms with Crippen LogP contribution in [0.3, 0.4) is 0 Å². The highest BCUT2D eigenvalue weighted by Gasteiger charge is 2.23. The zero-order valence-corrected chi connectivity index (χ0v) is 11.7. The van der Waals surface area contributed by atoms with E-state index >= 15 is 0 Å². The Hall–Kier alpha value is -1.13. The van der Waals surface area contributed by atoms with E-state index in [1.165, 1.54) is 18.6 Å². The van der Waals surface area contributed by atoms with Gasteiger partial charge < -0.3 is 5.32 Å². The molecule has 1 N–H and O–H groups in total. The molecular weight excluding hydrogens is 267 g/mol. The molecule has 0 saturated carbocycles. The Morgan fingerprint density at radius 3 is 2.68 bits per heavy atom. The number of benzene rings is 1. The number of rotatable bonds is 3. The molecule has 1 aliphatic heterocycles. The van der Waals surface area contributed by atoms with Gasteiger partial charge >= 0.3 is 0 Å². The fourth-order valence-corrected chi connectivity index (χ4v) is 2.46. The summed E-state index contributed by atoms with van der Waals surface area (Å²) < 4.78 is 13.6. The second kappa shape index (κ2) is 6.35. The summed E-state index contributed by atoms with van der Waals surface area (Å²) in [5.41, 5.74) is 0.179. The molecule has 1 fully saturated rings.